The number of hydrogen-bond donors (Lipinski definition) is 0. The summed E-state index contributed by atoms with van der Waals surface area (Å²) in [5.74, 6) is 0.312. The van der Waals surface area contributed by atoms with E-state index in [-0.39, 0.29) is 0 Å². The van der Waals surface area contributed by atoms with E-state index in [1.807, 2.05) is 0 Å². The molecule has 1 heteroatoms. The van der Waals surface area contributed by atoms with Crippen molar-refractivity contribution >= 4 is 0 Å². The first-order valence-corrected chi connectivity index (χ1v) is 3.11. The van der Waals surface area contributed by atoms with Crippen LogP contribution in [0, 0.1) is 5.92 Å². The van der Waals surface area contributed by atoms with E-state index in [0.29, 0.717) is 5.92 Å². The summed E-state index contributed by atoms with van der Waals surface area (Å²) < 4.78 is 12.5. The van der Waals surface area contributed by atoms with Gasteiger partial charge in [-0.25, -0.2) is 4.39 Å². The van der Waals surface area contributed by atoms with E-state index in [1.165, 1.54) is 12.5 Å². The Morgan fingerprint density at radius 3 is 2.38 bits per heavy atom. The molecule has 1 aliphatic carbocycles. The van der Waals surface area contributed by atoms with Gasteiger partial charge in [0.2, 0.25) is 0 Å². The van der Waals surface area contributed by atoms with Gasteiger partial charge in [0.15, 0.2) is 0 Å². The maximum absolute atomic E-state index is 12.5. The lowest BCUT2D eigenvalue weighted by molar-refractivity contribution is 0.187. The zero-order valence-electron chi connectivity index (χ0n) is 4.94. The highest BCUT2D eigenvalue weighted by Crippen LogP contribution is 2.31. The van der Waals surface area contributed by atoms with Gasteiger partial charge < -0.3 is 0 Å². The van der Waals surface area contributed by atoms with E-state index in [9.17, 15) is 4.39 Å². The molecule has 1 rings (SSSR count). The van der Waals surface area contributed by atoms with Crippen LogP contribution in [0.3, 0.4) is 0 Å². The van der Waals surface area contributed by atoms with Gasteiger partial charge in [-0.2, -0.15) is 0 Å². The second-order valence-electron chi connectivity index (χ2n) is 2.37. The molecule has 1 fully saturated rings. The van der Waals surface area contributed by atoms with Crippen molar-refractivity contribution in [3.63, 3.8) is 0 Å². The molecule has 1 atom stereocenters. The first kappa shape index (κ1) is 5.80. The SMILES string of the molecule is C=CC(F)C1CCC1. The van der Waals surface area contributed by atoms with Gasteiger partial charge in [-0.1, -0.05) is 12.5 Å². The molecule has 0 bridgehead atoms. The Morgan fingerprint density at radius 1 is 1.62 bits per heavy atom. The number of allylic oxidation sites excluding steroid dienone is 1. The van der Waals surface area contributed by atoms with Crippen LogP contribution in [0.25, 0.3) is 0 Å². The number of halogens is 1. The molecule has 0 nitrogen and oxygen atoms in total. The van der Waals surface area contributed by atoms with Crippen molar-refractivity contribution in [2.45, 2.75) is 25.4 Å². The summed E-state index contributed by atoms with van der Waals surface area (Å²) in [6.07, 6.45) is 4.01. The molecule has 0 amide bonds. The van der Waals surface area contributed by atoms with Gasteiger partial charge in [0.1, 0.15) is 6.17 Å². The zero-order chi connectivity index (χ0) is 5.98. The Kier molecular flexibility index (Phi) is 1.66. The first-order valence-electron chi connectivity index (χ1n) is 3.11. The lowest BCUT2D eigenvalue weighted by Gasteiger charge is -2.26. The number of hydrogen-bond acceptors (Lipinski definition) is 0. The predicted octanol–water partition coefficient (Wildman–Crippen LogP) is 2.31. The second-order valence-corrected chi connectivity index (χ2v) is 2.37. The third-order valence-corrected chi connectivity index (χ3v) is 1.83. The molecule has 0 saturated heterocycles. The monoisotopic (exact) mass is 114 g/mol. The topological polar surface area (TPSA) is 0 Å². The second kappa shape index (κ2) is 2.29. The van der Waals surface area contributed by atoms with Crippen molar-refractivity contribution in [3.05, 3.63) is 12.7 Å². The van der Waals surface area contributed by atoms with Crippen LogP contribution < -0.4 is 0 Å². The van der Waals surface area contributed by atoms with Crippen molar-refractivity contribution < 1.29 is 4.39 Å². The standard InChI is InChI=1S/C7H11F/c1-2-7(8)6-4-3-5-6/h2,6-7H,1,3-5H2. The Bertz CT molecular complexity index is 84.4. The minimum absolute atomic E-state index is 0.312. The van der Waals surface area contributed by atoms with Gasteiger partial charge in [0, 0.05) is 0 Å². The highest BCUT2D eigenvalue weighted by Gasteiger charge is 2.24. The molecule has 0 aliphatic heterocycles. The van der Waals surface area contributed by atoms with Gasteiger partial charge >= 0.3 is 0 Å². The van der Waals surface area contributed by atoms with Crippen LogP contribution in [0.15, 0.2) is 12.7 Å². The number of rotatable bonds is 2. The molecule has 0 aromatic rings. The summed E-state index contributed by atoms with van der Waals surface area (Å²) >= 11 is 0. The van der Waals surface area contributed by atoms with E-state index in [0.717, 1.165) is 12.8 Å². The van der Waals surface area contributed by atoms with E-state index in [4.69, 9.17) is 0 Å². The fraction of sp³-hybridized carbons (Fsp3) is 0.714. The Morgan fingerprint density at radius 2 is 2.25 bits per heavy atom. The lowest BCUT2D eigenvalue weighted by atomic mass is 9.82. The predicted molar refractivity (Wildman–Crippen MR) is 32.4 cm³/mol. The van der Waals surface area contributed by atoms with E-state index in [1.54, 1.807) is 0 Å². The molecular weight excluding hydrogens is 103 g/mol. The Hall–Kier alpha value is -0.330. The van der Waals surface area contributed by atoms with Gasteiger partial charge in [-0.3, -0.25) is 0 Å². The molecule has 46 valence electrons. The summed E-state index contributed by atoms with van der Waals surface area (Å²) in [6, 6.07) is 0. The van der Waals surface area contributed by atoms with E-state index >= 15 is 0 Å². The molecule has 0 aromatic carbocycles. The average Bonchev–Trinajstić information content (AvgIpc) is 1.62. The van der Waals surface area contributed by atoms with Crippen molar-refractivity contribution in [2.75, 3.05) is 0 Å². The van der Waals surface area contributed by atoms with Crippen LogP contribution >= 0.6 is 0 Å². The van der Waals surface area contributed by atoms with Gasteiger partial charge in [0.25, 0.3) is 0 Å². The maximum Gasteiger partial charge on any atom is 0.121 e. The molecular formula is C7H11F. The normalized spacial score (nSPS) is 24.1. The summed E-state index contributed by atoms with van der Waals surface area (Å²) in [5.41, 5.74) is 0. The molecule has 0 heterocycles. The highest BCUT2D eigenvalue weighted by molar-refractivity contribution is 4.88. The van der Waals surface area contributed by atoms with Gasteiger partial charge in [-0.05, 0) is 18.8 Å². The summed E-state index contributed by atoms with van der Waals surface area (Å²) in [6.45, 7) is 3.39. The maximum atomic E-state index is 12.5. The Labute approximate surface area is 49.4 Å². The molecule has 1 saturated carbocycles. The van der Waals surface area contributed by atoms with Gasteiger partial charge in [-0.15, -0.1) is 6.58 Å². The summed E-state index contributed by atoms with van der Waals surface area (Å²) in [5, 5.41) is 0. The minimum atomic E-state index is -0.733. The average molecular weight is 114 g/mol. The first-order chi connectivity index (χ1) is 3.84. The smallest absolute Gasteiger partial charge is 0.121 e. The largest absolute Gasteiger partial charge is 0.243 e. The molecule has 0 spiro atoms. The van der Waals surface area contributed by atoms with Crippen LogP contribution in [-0.4, -0.2) is 6.17 Å². The van der Waals surface area contributed by atoms with E-state index in [2.05, 4.69) is 6.58 Å². The summed E-state index contributed by atoms with van der Waals surface area (Å²) in [4.78, 5) is 0. The van der Waals surface area contributed by atoms with E-state index < -0.39 is 6.17 Å². The molecule has 0 N–H and O–H groups in total. The zero-order valence-corrected chi connectivity index (χ0v) is 4.94. The third-order valence-electron chi connectivity index (χ3n) is 1.83. The van der Waals surface area contributed by atoms with Crippen molar-refractivity contribution in [2.24, 2.45) is 5.92 Å². The quantitative estimate of drug-likeness (QED) is 0.483. The highest BCUT2D eigenvalue weighted by atomic mass is 19.1. The van der Waals surface area contributed by atoms with Crippen LogP contribution in [0.2, 0.25) is 0 Å². The molecule has 0 radical (unpaired) electrons. The molecule has 0 aromatic heterocycles. The minimum Gasteiger partial charge on any atom is -0.243 e. The fourth-order valence-corrected chi connectivity index (χ4v) is 0.951. The fourth-order valence-electron chi connectivity index (χ4n) is 0.951. The van der Waals surface area contributed by atoms with Crippen LogP contribution in [0.1, 0.15) is 19.3 Å². The summed E-state index contributed by atoms with van der Waals surface area (Å²) in [7, 11) is 0. The van der Waals surface area contributed by atoms with Crippen LogP contribution in [0.5, 0.6) is 0 Å². The van der Waals surface area contributed by atoms with Crippen molar-refractivity contribution in [3.8, 4) is 0 Å². The molecule has 1 aliphatic rings. The number of alkyl halides is 1. The third kappa shape index (κ3) is 0.908. The molecule has 1 unspecified atom stereocenters. The van der Waals surface area contributed by atoms with Crippen LogP contribution in [0.4, 0.5) is 4.39 Å². The molecule has 8 heavy (non-hydrogen) atoms. The van der Waals surface area contributed by atoms with Crippen molar-refractivity contribution in [1.29, 1.82) is 0 Å². The van der Waals surface area contributed by atoms with Crippen LogP contribution in [-0.2, 0) is 0 Å². The lowest BCUT2D eigenvalue weighted by Crippen LogP contribution is -2.20. The van der Waals surface area contributed by atoms with Crippen molar-refractivity contribution in [1.82, 2.24) is 0 Å². The van der Waals surface area contributed by atoms with Gasteiger partial charge in [0.05, 0.1) is 0 Å². The Balaban J connectivity index is 2.22.